The van der Waals surface area contributed by atoms with Crippen LogP contribution in [0.1, 0.15) is 5.56 Å². The second-order valence-corrected chi connectivity index (χ2v) is 2.73. The number of thiol groups is 1. The van der Waals surface area contributed by atoms with Gasteiger partial charge in [-0.1, -0.05) is 11.6 Å². The van der Waals surface area contributed by atoms with Gasteiger partial charge in [-0.2, -0.15) is 12.6 Å². The Hall–Kier alpha value is -0.280. The van der Waals surface area contributed by atoms with Crippen molar-refractivity contribution in [3.63, 3.8) is 0 Å². The zero-order valence-corrected chi connectivity index (χ0v) is 7.09. The summed E-state index contributed by atoms with van der Waals surface area (Å²) in [6.07, 6.45) is 0. The van der Waals surface area contributed by atoms with Crippen LogP contribution in [0, 0.1) is 11.6 Å². The highest BCUT2D eigenvalue weighted by atomic mass is 35.5. The first kappa shape index (κ1) is 8.81. The molecule has 4 heteroatoms. The van der Waals surface area contributed by atoms with Crippen LogP contribution in [0.5, 0.6) is 0 Å². The Balaban J connectivity index is 3.25. The van der Waals surface area contributed by atoms with Crippen LogP contribution >= 0.6 is 24.2 Å². The molecule has 0 bridgehead atoms. The van der Waals surface area contributed by atoms with E-state index in [4.69, 9.17) is 11.6 Å². The average Bonchev–Trinajstić information content (AvgIpc) is 1.85. The molecule has 60 valence electrons. The van der Waals surface area contributed by atoms with Crippen molar-refractivity contribution in [2.75, 3.05) is 0 Å². The van der Waals surface area contributed by atoms with Crippen LogP contribution in [-0.4, -0.2) is 0 Å². The minimum absolute atomic E-state index is 0.0810. The van der Waals surface area contributed by atoms with E-state index in [1.54, 1.807) is 0 Å². The highest BCUT2D eigenvalue weighted by molar-refractivity contribution is 7.79. The second kappa shape index (κ2) is 3.41. The van der Waals surface area contributed by atoms with Crippen molar-refractivity contribution < 1.29 is 8.78 Å². The van der Waals surface area contributed by atoms with Crippen LogP contribution in [0.4, 0.5) is 8.78 Å². The molecule has 0 fully saturated rings. The standard InChI is InChI=1S/C7H5ClF2S/c8-6-1-4(9)2-7(10)5(6)3-11/h1-2,11H,3H2. The van der Waals surface area contributed by atoms with Gasteiger partial charge in [0.1, 0.15) is 11.6 Å². The van der Waals surface area contributed by atoms with Crippen LogP contribution in [0.3, 0.4) is 0 Å². The average molecular weight is 195 g/mol. The first-order chi connectivity index (χ1) is 5.15. The summed E-state index contributed by atoms with van der Waals surface area (Å²) in [5.41, 5.74) is 0.233. The predicted octanol–water partition coefficient (Wildman–Crippen LogP) is 3.05. The van der Waals surface area contributed by atoms with Crippen LogP contribution < -0.4 is 0 Å². The first-order valence-corrected chi connectivity index (χ1v) is 3.90. The molecule has 0 heterocycles. The van der Waals surface area contributed by atoms with Gasteiger partial charge in [-0.15, -0.1) is 0 Å². The van der Waals surface area contributed by atoms with E-state index in [0.717, 1.165) is 12.1 Å². The van der Waals surface area contributed by atoms with Crippen LogP contribution in [0.25, 0.3) is 0 Å². The summed E-state index contributed by atoms with van der Waals surface area (Å²) in [4.78, 5) is 0. The third kappa shape index (κ3) is 1.84. The smallest absolute Gasteiger partial charge is 0.131 e. The molecule has 0 saturated carbocycles. The quantitative estimate of drug-likeness (QED) is 0.653. The maximum absolute atomic E-state index is 12.7. The number of hydrogen-bond donors (Lipinski definition) is 1. The fourth-order valence-corrected chi connectivity index (χ4v) is 1.40. The molecule has 0 unspecified atom stereocenters. The summed E-state index contributed by atoms with van der Waals surface area (Å²) in [5.74, 6) is -1.15. The van der Waals surface area contributed by atoms with E-state index in [1.165, 1.54) is 0 Å². The zero-order chi connectivity index (χ0) is 8.43. The minimum Gasteiger partial charge on any atom is -0.207 e. The van der Waals surface area contributed by atoms with Crippen molar-refractivity contribution in [3.8, 4) is 0 Å². The molecule has 11 heavy (non-hydrogen) atoms. The Morgan fingerprint density at radius 3 is 2.45 bits per heavy atom. The number of rotatable bonds is 1. The summed E-state index contributed by atoms with van der Waals surface area (Å²) >= 11 is 9.34. The fourth-order valence-electron chi connectivity index (χ4n) is 0.723. The molecule has 1 aromatic rings. The van der Waals surface area contributed by atoms with E-state index in [-0.39, 0.29) is 16.3 Å². The number of benzene rings is 1. The van der Waals surface area contributed by atoms with Crippen molar-refractivity contribution >= 4 is 24.2 Å². The Morgan fingerprint density at radius 2 is 2.00 bits per heavy atom. The van der Waals surface area contributed by atoms with Crippen LogP contribution in [0.2, 0.25) is 5.02 Å². The van der Waals surface area contributed by atoms with Crippen molar-refractivity contribution in [3.05, 3.63) is 34.4 Å². The lowest BCUT2D eigenvalue weighted by molar-refractivity contribution is 0.577. The summed E-state index contributed by atoms with van der Waals surface area (Å²) in [5, 5.41) is 0.0810. The molecular weight excluding hydrogens is 190 g/mol. The van der Waals surface area contributed by atoms with Gasteiger partial charge in [0.2, 0.25) is 0 Å². The monoisotopic (exact) mass is 194 g/mol. The molecule has 0 atom stereocenters. The Bertz CT molecular complexity index is 252. The Morgan fingerprint density at radius 1 is 1.36 bits per heavy atom. The van der Waals surface area contributed by atoms with Crippen LogP contribution in [0.15, 0.2) is 12.1 Å². The fraction of sp³-hybridized carbons (Fsp3) is 0.143. The van der Waals surface area contributed by atoms with E-state index in [1.807, 2.05) is 0 Å². The molecule has 0 aliphatic heterocycles. The molecule has 0 nitrogen and oxygen atoms in total. The zero-order valence-electron chi connectivity index (χ0n) is 5.44. The molecular formula is C7H5ClF2S. The summed E-state index contributed by atoms with van der Waals surface area (Å²) in [6.45, 7) is 0. The highest BCUT2D eigenvalue weighted by Gasteiger charge is 2.07. The van der Waals surface area contributed by atoms with Gasteiger partial charge in [0, 0.05) is 17.4 Å². The summed E-state index contributed by atoms with van der Waals surface area (Å²) in [6, 6.07) is 1.85. The lowest BCUT2D eigenvalue weighted by atomic mass is 10.2. The topological polar surface area (TPSA) is 0 Å². The SMILES string of the molecule is Fc1cc(F)c(CS)c(Cl)c1. The van der Waals surface area contributed by atoms with E-state index < -0.39 is 11.6 Å². The minimum atomic E-state index is -0.668. The molecule has 1 aromatic carbocycles. The van der Waals surface area contributed by atoms with Gasteiger partial charge in [-0.3, -0.25) is 0 Å². The second-order valence-electron chi connectivity index (χ2n) is 2.01. The molecule has 0 aliphatic rings. The first-order valence-electron chi connectivity index (χ1n) is 2.89. The maximum Gasteiger partial charge on any atom is 0.131 e. The van der Waals surface area contributed by atoms with Gasteiger partial charge in [-0.25, -0.2) is 8.78 Å². The van der Waals surface area contributed by atoms with Crippen LogP contribution in [-0.2, 0) is 5.75 Å². The molecule has 0 saturated heterocycles. The third-order valence-corrected chi connectivity index (χ3v) is 1.92. The van der Waals surface area contributed by atoms with Gasteiger partial charge in [0.05, 0.1) is 5.02 Å². The van der Waals surface area contributed by atoms with E-state index in [9.17, 15) is 8.78 Å². The molecule has 0 spiro atoms. The normalized spacial score (nSPS) is 10.2. The van der Waals surface area contributed by atoms with Crippen molar-refractivity contribution in [2.45, 2.75) is 5.75 Å². The van der Waals surface area contributed by atoms with Gasteiger partial charge in [0.15, 0.2) is 0 Å². The number of hydrogen-bond acceptors (Lipinski definition) is 1. The number of halogens is 3. The lowest BCUT2D eigenvalue weighted by Gasteiger charge is -2.01. The molecule has 0 N–H and O–H groups in total. The predicted molar refractivity (Wildman–Crippen MR) is 44.1 cm³/mol. The van der Waals surface area contributed by atoms with Gasteiger partial charge >= 0.3 is 0 Å². The van der Waals surface area contributed by atoms with Crippen molar-refractivity contribution in [2.24, 2.45) is 0 Å². The lowest BCUT2D eigenvalue weighted by Crippen LogP contribution is -1.89. The van der Waals surface area contributed by atoms with Gasteiger partial charge in [-0.05, 0) is 6.07 Å². The maximum atomic E-state index is 12.7. The van der Waals surface area contributed by atoms with Crippen molar-refractivity contribution in [1.82, 2.24) is 0 Å². The molecule has 0 aromatic heterocycles. The Kier molecular flexibility index (Phi) is 2.73. The van der Waals surface area contributed by atoms with E-state index >= 15 is 0 Å². The summed E-state index contributed by atoms with van der Waals surface area (Å²) < 4.78 is 25.1. The molecule has 0 radical (unpaired) electrons. The molecule has 1 rings (SSSR count). The third-order valence-electron chi connectivity index (χ3n) is 1.26. The van der Waals surface area contributed by atoms with E-state index in [2.05, 4.69) is 12.6 Å². The van der Waals surface area contributed by atoms with Gasteiger partial charge in [0.25, 0.3) is 0 Å². The highest BCUT2D eigenvalue weighted by Crippen LogP contribution is 2.22. The van der Waals surface area contributed by atoms with E-state index in [0.29, 0.717) is 0 Å². The van der Waals surface area contributed by atoms with Gasteiger partial charge < -0.3 is 0 Å². The summed E-state index contributed by atoms with van der Waals surface area (Å²) in [7, 11) is 0. The Labute approximate surface area is 73.6 Å². The molecule has 0 amide bonds. The van der Waals surface area contributed by atoms with Crippen molar-refractivity contribution in [1.29, 1.82) is 0 Å². The molecule has 0 aliphatic carbocycles. The largest absolute Gasteiger partial charge is 0.207 e.